The van der Waals surface area contributed by atoms with Gasteiger partial charge < -0.3 is 14.2 Å². The monoisotopic (exact) mass is 898 g/mol. The molecule has 4 heterocycles. The van der Waals surface area contributed by atoms with Crippen molar-refractivity contribution in [1.29, 1.82) is 0 Å². The lowest BCUT2D eigenvalue weighted by molar-refractivity contribution is -0.276. The number of aromatic nitrogens is 6. The van der Waals surface area contributed by atoms with Gasteiger partial charge >= 0.3 is 12.7 Å². The first-order chi connectivity index (χ1) is 26.8. The van der Waals surface area contributed by atoms with Gasteiger partial charge in [0.15, 0.2) is 0 Å². The van der Waals surface area contributed by atoms with E-state index in [2.05, 4.69) is 64.8 Å². The van der Waals surface area contributed by atoms with Gasteiger partial charge in [-0.05, 0) is 36.4 Å². The van der Waals surface area contributed by atoms with Gasteiger partial charge in [-0.15, -0.1) is 26.3 Å². The van der Waals surface area contributed by atoms with Crippen molar-refractivity contribution in [1.82, 2.24) is 29.9 Å². The molecule has 0 amide bonds. The second-order valence-corrected chi connectivity index (χ2v) is 15.4. The van der Waals surface area contributed by atoms with Gasteiger partial charge in [0.2, 0.25) is 0 Å². The molecule has 0 aliphatic rings. The molecule has 0 saturated heterocycles. The first-order valence-electron chi connectivity index (χ1n) is 15.4. The zero-order valence-corrected chi connectivity index (χ0v) is 31.5. The van der Waals surface area contributed by atoms with Gasteiger partial charge in [0.1, 0.15) is 27.0 Å². The van der Waals surface area contributed by atoms with Crippen molar-refractivity contribution in [3.63, 3.8) is 0 Å². The van der Waals surface area contributed by atoms with Crippen LogP contribution in [0.4, 0.5) is 37.7 Å². The molecule has 2 N–H and O–H groups in total. The molecule has 6 rings (SSSR count). The van der Waals surface area contributed by atoms with Gasteiger partial charge in [0.05, 0.1) is 66.6 Å². The minimum atomic E-state index is -5.27. The Morgan fingerprint density at radius 1 is 0.632 bits per heavy atom. The largest absolute Gasteiger partial charge is 0.573 e. The number of sulfonamides is 2. The molecule has 0 bridgehead atoms. The molecule has 0 fully saturated rings. The lowest BCUT2D eigenvalue weighted by atomic mass is 10.1. The number of halogens is 7. The average Bonchev–Trinajstić information content (AvgIpc) is 3.14. The molecule has 0 unspecified atom stereocenters. The van der Waals surface area contributed by atoms with Crippen molar-refractivity contribution in [2.24, 2.45) is 0 Å². The van der Waals surface area contributed by atoms with Crippen LogP contribution in [0.25, 0.3) is 33.8 Å². The van der Waals surface area contributed by atoms with Crippen LogP contribution >= 0.6 is 15.9 Å². The van der Waals surface area contributed by atoms with Crippen LogP contribution in [-0.4, -0.2) is 66.6 Å². The Kier molecular flexibility index (Phi) is 11.2. The molecule has 15 nitrogen and oxygen atoms in total. The highest BCUT2D eigenvalue weighted by Crippen LogP contribution is 2.41. The first kappa shape index (κ1) is 40.5. The second-order valence-electron chi connectivity index (χ2n) is 11.2. The van der Waals surface area contributed by atoms with E-state index in [0.717, 1.165) is 50.0 Å². The predicted octanol–water partition coefficient (Wildman–Crippen LogP) is 7.23. The zero-order valence-electron chi connectivity index (χ0n) is 28.2. The van der Waals surface area contributed by atoms with Crippen molar-refractivity contribution in [2.45, 2.75) is 22.5 Å². The molecule has 296 valence electrons. The maximum absolute atomic E-state index is 13.8. The minimum Gasteiger partial charge on any atom is -0.495 e. The van der Waals surface area contributed by atoms with E-state index in [4.69, 9.17) is 4.74 Å². The minimum absolute atomic E-state index is 0.0530. The summed E-state index contributed by atoms with van der Waals surface area (Å²) in [7, 11) is -8.47. The second kappa shape index (κ2) is 15.8. The number of anilines is 2. The number of methoxy groups -OCH3 is 1. The van der Waals surface area contributed by atoms with E-state index < -0.39 is 59.8 Å². The van der Waals surface area contributed by atoms with Crippen LogP contribution in [0.3, 0.4) is 0 Å². The van der Waals surface area contributed by atoms with Gasteiger partial charge in [0.25, 0.3) is 20.0 Å². The lowest BCUT2D eigenvalue weighted by Gasteiger charge is -2.18. The van der Waals surface area contributed by atoms with Crippen molar-refractivity contribution in [3.8, 4) is 51.0 Å². The molecule has 0 aliphatic heterocycles. The van der Waals surface area contributed by atoms with E-state index in [9.17, 15) is 43.2 Å². The van der Waals surface area contributed by atoms with Crippen LogP contribution in [0.1, 0.15) is 0 Å². The third-order valence-corrected chi connectivity index (χ3v) is 10.5. The Hall–Kier alpha value is -6.14. The maximum atomic E-state index is 13.8. The van der Waals surface area contributed by atoms with Crippen LogP contribution in [0, 0.1) is 0 Å². The summed E-state index contributed by atoms with van der Waals surface area (Å²) in [5.74, 6) is -2.47. The van der Waals surface area contributed by atoms with Crippen molar-refractivity contribution in [2.75, 3.05) is 16.6 Å². The number of alkyl halides is 6. The quantitative estimate of drug-likeness (QED) is 0.117. The number of rotatable bonds is 12. The third-order valence-electron chi connectivity index (χ3n) is 7.22. The third kappa shape index (κ3) is 10.0. The molecule has 0 aliphatic carbocycles. The van der Waals surface area contributed by atoms with E-state index in [-0.39, 0.29) is 38.4 Å². The predicted molar refractivity (Wildman–Crippen MR) is 192 cm³/mol. The molecule has 6 aromatic rings. The Morgan fingerprint density at radius 3 is 1.81 bits per heavy atom. The van der Waals surface area contributed by atoms with E-state index in [1.165, 1.54) is 49.3 Å². The van der Waals surface area contributed by atoms with Gasteiger partial charge in [-0.2, -0.15) is 0 Å². The molecule has 0 saturated carbocycles. The highest BCUT2D eigenvalue weighted by Gasteiger charge is 2.35. The van der Waals surface area contributed by atoms with Gasteiger partial charge in [-0.25, -0.2) is 21.8 Å². The molecular weight excluding hydrogens is 878 g/mol. The fourth-order valence-electron chi connectivity index (χ4n) is 5.05. The fourth-order valence-corrected chi connectivity index (χ4v) is 7.99. The summed E-state index contributed by atoms with van der Waals surface area (Å²) in [6.45, 7) is 0. The molecule has 0 spiro atoms. The van der Waals surface area contributed by atoms with Gasteiger partial charge in [0, 0.05) is 52.0 Å². The summed E-state index contributed by atoms with van der Waals surface area (Å²) >= 11 is 3.02. The Balaban J connectivity index is 1.38. The van der Waals surface area contributed by atoms with Crippen LogP contribution in [0.2, 0.25) is 0 Å². The number of pyridine rings is 2. The number of hydrogen-bond acceptors (Lipinski definition) is 13. The number of nitrogens with zero attached hydrogens (tertiary/aromatic N) is 6. The van der Waals surface area contributed by atoms with Crippen LogP contribution in [0.15, 0.2) is 112 Å². The molecule has 0 atom stereocenters. The molecule has 57 heavy (non-hydrogen) atoms. The number of benzene rings is 2. The lowest BCUT2D eigenvalue weighted by Crippen LogP contribution is -2.21. The topological polar surface area (TPSA) is 197 Å². The normalized spacial score (nSPS) is 12.1. The molecular formula is C33H21BrF6N8O7S2. The molecule has 4 aromatic heterocycles. The Labute approximate surface area is 326 Å². The highest BCUT2D eigenvalue weighted by atomic mass is 79.9. The van der Waals surface area contributed by atoms with Gasteiger partial charge in [-0.3, -0.25) is 34.4 Å². The molecule has 0 radical (unpaired) electrons. The fraction of sp³-hybridized carbons (Fsp3) is 0.0909. The Bertz CT molecular complexity index is 2680. The SMILES string of the molecule is COc1c(-c2cncc(-c3cncc(NS(=O)(=O)c4cc(Br)ccc4OC(F)(F)F)c3)n2)cc(OC(F)(F)F)cc1S(=O)(=O)Nc1cncc(-c2cnccn2)c1. The summed E-state index contributed by atoms with van der Waals surface area (Å²) in [4.78, 5) is 22.8. The Morgan fingerprint density at radius 2 is 1.21 bits per heavy atom. The maximum Gasteiger partial charge on any atom is 0.573 e. The van der Waals surface area contributed by atoms with E-state index >= 15 is 0 Å². The number of nitrogens with one attached hydrogen (secondary N) is 2. The van der Waals surface area contributed by atoms with E-state index in [1.807, 2.05) is 0 Å². The summed E-state index contributed by atoms with van der Waals surface area (Å²) in [6.07, 6.45) is 0.750. The van der Waals surface area contributed by atoms with E-state index in [1.54, 1.807) is 0 Å². The van der Waals surface area contributed by atoms with Gasteiger partial charge in [-0.1, -0.05) is 15.9 Å². The van der Waals surface area contributed by atoms with Crippen molar-refractivity contribution >= 4 is 47.4 Å². The summed E-state index contributed by atoms with van der Waals surface area (Å²) < 4.78 is 152. The highest BCUT2D eigenvalue weighted by molar-refractivity contribution is 9.10. The summed E-state index contributed by atoms with van der Waals surface area (Å²) in [6, 6.07) is 6.78. The van der Waals surface area contributed by atoms with E-state index in [0.29, 0.717) is 17.3 Å². The number of hydrogen-bond donors (Lipinski definition) is 2. The summed E-state index contributed by atoms with van der Waals surface area (Å²) in [5.41, 5.74) is -0.244. The van der Waals surface area contributed by atoms with Crippen molar-refractivity contribution < 1.29 is 57.4 Å². The van der Waals surface area contributed by atoms with Crippen LogP contribution < -0.4 is 23.7 Å². The van der Waals surface area contributed by atoms with Crippen molar-refractivity contribution in [3.05, 3.63) is 103 Å². The van der Waals surface area contributed by atoms with Crippen LogP contribution in [-0.2, 0) is 20.0 Å². The first-order valence-corrected chi connectivity index (χ1v) is 19.1. The molecule has 24 heteroatoms. The standard InChI is InChI=1S/C33H21BrF6N8O7S2/c1-53-31-24(9-23(54-32(35,36)37)10-30(31)57(51,52)48-21-6-18(11-42-13-21)25-15-41-4-5-45-25)27-17-44-16-26(46-27)19-7-22(14-43-12-19)47-56(49,50)29-8-20(34)2-3-28(29)55-33(38,39)40/h2-17,47-48H,1H3. The zero-order chi connectivity index (χ0) is 41.2. The number of ether oxygens (including phenoxy) is 3. The molecule has 2 aromatic carbocycles. The average molecular weight is 900 g/mol. The smallest absolute Gasteiger partial charge is 0.495 e. The van der Waals surface area contributed by atoms with Crippen LogP contribution in [0.5, 0.6) is 17.2 Å². The summed E-state index contributed by atoms with van der Waals surface area (Å²) in [5, 5.41) is 0.